The van der Waals surface area contributed by atoms with E-state index in [0.717, 1.165) is 28.2 Å². The standard InChI is InChI=1S/C36H35Cl2N4O7S3/c1-23-6-7-30(38)28-22-48-36(43)42(35(23)28,25-15-20-41(21-16-25)52(46,47)34-11-9-32(50-34)31-12-17-39-49-31)24-13-18-40(19-14-24)51(44,45)33-10-8-29(37)26-4-2-3-5-27(26)33/h2-12,17,24-25H,13-16,18-22H2,1H3/q+1. The smallest absolute Gasteiger partial charge is 0.415 e. The number of benzene rings is 3. The highest BCUT2D eigenvalue weighted by Gasteiger charge is 2.59. The Kier molecular flexibility index (Phi) is 9.26. The molecule has 2 saturated heterocycles. The molecule has 11 nitrogen and oxygen atoms in total. The number of ether oxygens (including phenoxy) is 1. The summed E-state index contributed by atoms with van der Waals surface area (Å²) in [7, 11) is -7.73. The first-order valence-corrected chi connectivity index (χ1v) is 21.4. The summed E-state index contributed by atoms with van der Waals surface area (Å²) in [6.07, 6.45) is 2.62. The lowest BCUT2D eigenvalue weighted by atomic mass is 9.89. The number of fused-ring (bicyclic) bond motifs is 2. The monoisotopic (exact) mass is 801 g/mol. The molecule has 5 heterocycles. The van der Waals surface area contributed by atoms with Crippen molar-refractivity contribution in [2.45, 2.75) is 60.4 Å². The SMILES string of the molecule is Cc1ccc(Cl)c2c1[N+](C1CCN(S(=O)(=O)c3ccc(-c4ccno4)s3)CC1)(C1CCN(S(=O)(=O)c3ccc(Cl)c4ccccc34)CC1)C(=O)OC2. The van der Waals surface area contributed by atoms with Crippen LogP contribution in [-0.4, -0.2) is 75.0 Å². The maximum atomic E-state index is 14.5. The third-order valence-corrected chi connectivity index (χ3v) is 16.8. The molecular formula is C36H35Cl2N4O7S3+. The largest absolute Gasteiger partial charge is 0.522 e. The number of amides is 1. The quantitative estimate of drug-likeness (QED) is 0.153. The van der Waals surface area contributed by atoms with Crippen LogP contribution in [0.5, 0.6) is 0 Å². The molecule has 16 heteroatoms. The molecule has 3 aliphatic rings. The molecule has 8 rings (SSSR count). The summed E-state index contributed by atoms with van der Waals surface area (Å²) in [4.78, 5) is 15.3. The molecule has 0 aliphatic carbocycles. The summed E-state index contributed by atoms with van der Waals surface area (Å²) in [5.74, 6) is 0.494. The van der Waals surface area contributed by atoms with Gasteiger partial charge in [-0.2, -0.15) is 17.9 Å². The van der Waals surface area contributed by atoms with Crippen LogP contribution in [0.15, 0.2) is 86.6 Å². The van der Waals surface area contributed by atoms with Crippen LogP contribution in [-0.2, 0) is 31.4 Å². The maximum Gasteiger partial charge on any atom is 0.522 e. The number of hydrogen-bond donors (Lipinski definition) is 0. The first kappa shape index (κ1) is 35.7. The summed E-state index contributed by atoms with van der Waals surface area (Å²) >= 11 is 14.3. The predicted octanol–water partition coefficient (Wildman–Crippen LogP) is 7.84. The van der Waals surface area contributed by atoms with Gasteiger partial charge < -0.3 is 9.26 Å². The van der Waals surface area contributed by atoms with Gasteiger partial charge in [0, 0.05) is 79.3 Å². The first-order valence-electron chi connectivity index (χ1n) is 17.0. The molecule has 1 atom stereocenters. The minimum absolute atomic E-state index is 0.0324. The van der Waals surface area contributed by atoms with Gasteiger partial charge in [0.1, 0.15) is 22.9 Å². The van der Waals surface area contributed by atoms with Crippen LogP contribution in [0.1, 0.15) is 36.8 Å². The number of hydrogen-bond acceptors (Lipinski definition) is 9. The molecule has 5 aromatic rings. The van der Waals surface area contributed by atoms with E-state index in [1.165, 1.54) is 14.8 Å². The first-order chi connectivity index (χ1) is 24.9. The van der Waals surface area contributed by atoms with E-state index in [1.54, 1.807) is 54.6 Å². The molecule has 3 aliphatic heterocycles. The van der Waals surface area contributed by atoms with Crippen LogP contribution < -0.4 is 4.48 Å². The number of carbonyl (C=O) groups excluding carboxylic acids is 1. The average Bonchev–Trinajstić information content (AvgIpc) is 3.88. The topological polar surface area (TPSA) is 127 Å². The zero-order chi connectivity index (χ0) is 36.4. The number of quaternary nitrogens is 1. The molecule has 0 radical (unpaired) electrons. The lowest BCUT2D eigenvalue weighted by molar-refractivity contribution is 0.0267. The van der Waals surface area contributed by atoms with Crippen molar-refractivity contribution in [3.05, 3.63) is 94.1 Å². The molecule has 3 aromatic carbocycles. The Hall–Kier alpha value is -3.34. The van der Waals surface area contributed by atoms with E-state index in [9.17, 15) is 21.6 Å². The van der Waals surface area contributed by atoms with E-state index in [-0.39, 0.29) is 58.5 Å². The van der Waals surface area contributed by atoms with Gasteiger partial charge in [-0.05, 0) is 37.3 Å². The number of piperidine rings is 2. The number of nitrogens with zero attached hydrogens (tertiary/aromatic N) is 4. The minimum Gasteiger partial charge on any atom is -0.415 e. The number of aryl methyl sites for hydroxylation is 1. The molecule has 0 spiro atoms. The van der Waals surface area contributed by atoms with Gasteiger partial charge >= 0.3 is 6.09 Å². The van der Waals surface area contributed by atoms with E-state index >= 15 is 0 Å². The summed E-state index contributed by atoms with van der Waals surface area (Å²) < 4.78 is 70.2. The summed E-state index contributed by atoms with van der Waals surface area (Å²) in [6, 6.07) is 18.3. The molecule has 1 amide bonds. The van der Waals surface area contributed by atoms with Crippen LogP contribution in [0.25, 0.3) is 21.4 Å². The van der Waals surface area contributed by atoms with E-state index in [1.807, 2.05) is 19.1 Å². The van der Waals surface area contributed by atoms with Crippen molar-refractivity contribution in [3.63, 3.8) is 0 Å². The highest BCUT2D eigenvalue weighted by atomic mass is 35.5. The Balaban J connectivity index is 1.10. The lowest BCUT2D eigenvalue weighted by Gasteiger charge is -2.52. The fourth-order valence-corrected chi connectivity index (χ4v) is 13.3. The number of cyclic esters (lactones) is 1. The lowest BCUT2D eigenvalue weighted by Crippen LogP contribution is -2.71. The molecule has 272 valence electrons. The van der Waals surface area contributed by atoms with Gasteiger partial charge in [0.2, 0.25) is 10.0 Å². The van der Waals surface area contributed by atoms with Crippen molar-refractivity contribution in [3.8, 4) is 10.6 Å². The number of thiophene rings is 1. The van der Waals surface area contributed by atoms with Crippen LogP contribution in [0, 0.1) is 6.92 Å². The highest BCUT2D eigenvalue weighted by molar-refractivity contribution is 7.91. The molecular weight excluding hydrogens is 768 g/mol. The summed E-state index contributed by atoms with van der Waals surface area (Å²) in [5.41, 5.74) is 2.40. The van der Waals surface area contributed by atoms with Crippen LogP contribution >= 0.6 is 34.5 Å². The molecule has 2 aromatic heterocycles. The average molecular weight is 803 g/mol. The Morgan fingerprint density at radius 2 is 1.42 bits per heavy atom. The van der Waals surface area contributed by atoms with Gasteiger partial charge in [0.25, 0.3) is 10.0 Å². The fourth-order valence-electron chi connectivity index (χ4n) is 8.31. The van der Waals surface area contributed by atoms with Gasteiger partial charge in [0.05, 0.1) is 26.6 Å². The zero-order valence-electron chi connectivity index (χ0n) is 28.1. The van der Waals surface area contributed by atoms with Crippen molar-refractivity contribution in [2.24, 2.45) is 0 Å². The van der Waals surface area contributed by atoms with E-state index in [2.05, 4.69) is 5.16 Å². The maximum absolute atomic E-state index is 14.5. The Bertz CT molecular complexity index is 2400. The molecule has 0 N–H and O–H groups in total. The van der Waals surface area contributed by atoms with Crippen LogP contribution in [0.4, 0.5) is 10.5 Å². The molecule has 1 unspecified atom stereocenters. The second kappa shape index (κ2) is 13.5. The van der Waals surface area contributed by atoms with Crippen molar-refractivity contribution in [1.29, 1.82) is 0 Å². The molecule has 0 saturated carbocycles. The van der Waals surface area contributed by atoms with Gasteiger partial charge in [-0.25, -0.2) is 16.8 Å². The third-order valence-electron chi connectivity index (χ3n) is 10.7. The van der Waals surface area contributed by atoms with Gasteiger partial charge in [-0.15, -0.1) is 11.3 Å². The van der Waals surface area contributed by atoms with Crippen molar-refractivity contribution >= 4 is 77.1 Å². The number of carbonyl (C=O) groups is 1. The van der Waals surface area contributed by atoms with Crippen molar-refractivity contribution < 1.29 is 30.9 Å². The van der Waals surface area contributed by atoms with Gasteiger partial charge in [-0.1, -0.05) is 58.7 Å². The van der Waals surface area contributed by atoms with E-state index in [0.29, 0.717) is 57.1 Å². The fraction of sp³-hybridized carbons (Fsp3) is 0.333. The third kappa shape index (κ3) is 5.70. The second-order valence-corrected chi connectivity index (χ2v) is 19.3. The van der Waals surface area contributed by atoms with Gasteiger partial charge in [0.15, 0.2) is 11.4 Å². The van der Waals surface area contributed by atoms with E-state index < -0.39 is 26.1 Å². The van der Waals surface area contributed by atoms with E-state index in [4.69, 9.17) is 32.5 Å². The Morgan fingerprint density at radius 3 is 2.08 bits per heavy atom. The zero-order valence-corrected chi connectivity index (χ0v) is 32.0. The van der Waals surface area contributed by atoms with Crippen LogP contribution in [0.2, 0.25) is 10.0 Å². The molecule has 0 bridgehead atoms. The second-order valence-electron chi connectivity index (χ2n) is 13.4. The highest BCUT2D eigenvalue weighted by Crippen LogP contribution is 2.48. The van der Waals surface area contributed by atoms with Gasteiger partial charge in [-0.3, -0.25) is 0 Å². The normalized spacial score (nSPS) is 21.3. The molecule has 52 heavy (non-hydrogen) atoms. The predicted molar refractivity (Wildman–Crippen MR) is 201 cm³/mol. The van der Waals surface area contributed by atoms with Crippen LogP contribution in [0.3, 0.4) is 0 Å². The number of rotatable bonds is 7. The number of halogens is 2. The van der Waals surface area contributed by atoms with Crippen molar-refractivity contribution in [2.75, 3.05) is 26.2 Å². The number of sulfonamides is 2. The summed E-state index contributed by atoms with van der Waals surface area (Å²) in [5, 5.41) is 5.90. The summed E-state index contributed by atoms with van der Waals surface area (Å²) in [6.45, 7) is 2.75. The van der Waals surface area contributed by atoms with Crippen molar-refractivity contribution in [1.82, 2.24) is 18.3 Å². The Labute approximate surface area is 316 Å². The minimum atomic E-state index is -3.91. The Morgan fingerprint density at radius 1 is 0.788 bits per heavy atom. The number of aromatic nitrogens is 1. The molecule has 2 fully saturated rings.